The van der Waals surface area contributed by atoms with E-state index in [9.17, 15) is 4.79 Å². The number of ether oxygens (including phenoxy) is 1. The number of methoxy groups -OCH3 is 1. The second kappa shape index (κ2) is 8.44. The minimum Gasteiger partial charge on any atom is -0.495 e. The molecule has 134 valence electrons. The van der Waals surface area contributed by atoms with Crippen LogP contribution in [0.1, 0.15) is 24.1 Å². The van der Waals surface area contributed by atoms with Crippen LogP contribution in [-0.4, -0.2) is 18.3 Å². The lowest BCUT2D eigenvalue weighted by molar-refractivity contribution is 0.191. The highest BCUT2D eigenvalue weighted by Crippen LogP contribution is 2.24. The fourth-order valence-electron chi connectivity index (χ4n) is 2.40. The van der Waals surface area contributed by atoms with E-state index in [4.69, 9.17) is 15.1 Å². The molecule has 0 aliphatic heterocycles. The van der Waals surface area contributed by atoms with Crippen molar-refractivity contribution in [3.63, 3.8) is 0 Å². The standard InChI is InChI=1S/C19H20N4O3/c1-12(21-19(24)25)14-5-4-6-16(9-14)22-13(2)23-17-8-7-15(11-20)18(10-17)26-3/h4-10,12,21-23H,2H2,1,3H3,(H,24,25). The fraction of sp³-hybridized carbons (Fsp3) is 0.158. The molecule has 7 heteroatoms. The van der Waals surface area contributed by atoms with Crippen LogP contribution in [0.25, 0.3) is 0 Å². The van der Waals surface area contributed by atoms with Gasteiger partial charge in [0.25, 0.3) is 0 Å². The molecule has 0 bridgehead atoms. The highest BCUT2D eigenvalue weighted by Gasteiger charge is 2.09. The van der Waals surface area contributed by atoms with Gasteiger partial charge in [0.15, 0.2) is 0 Å². The third kappa shape index (κ3) is 4.92. The molecule has 4 N–H and O–H groups in total. The molecular weight excluding hydrogens is 332 g/mol. The lowest BCUT2D eigenvalue weighted by Crippen LogP contribution is -2.24. The second-order valence-corrected chi connectivity index (χ2v) is 5.55. The van der Waals surface area contributed by atoms with Crippen molar-refractivity contribution in [2.45, 2.75) is 13.0 Å². The first-order valence-electron chi connectivity index (χ1n) is 7.83. The van der Waals surface area contributed by atoms with Crippen LogP contribution in [0.4, 0.5) is 16.2 Å². The van der Waals surface area contributed by atoms with Gasteiger partial charge in [0.05, 0.1) is 18.7 Å². The van der Waals surface area contributed by atoms with Gasteiger partial charge in [-0.3, -0.25) is 0 Å². The molecule has 7 nitrogen and oxygen atoms in total. The van der Waals surface area contributed by atoms with Crippen molar-refractivity contribution in [1.82, 2.24) is 5.32 Å². The Morgan fingerprint density at radius 3 is 2.54 bits per heavy atom. The average molecular weight is 352 g/mol. The van der Waals surface area contributed by atoms with Crippen molar-refractivity contribution in [3.05, 3.63) is 66.0 Å². The van der Waals surface area contributed by atoms with E-state index < -0.39 is 6.09 Å². The maximum Gasteiger partial charge on any atom is 0.405 e. The predicted molar refractivity (Wildman–Crippen MR) is 100 cm³/mol. The normalized spacial score (nSPS) is 11.0. The summed E-state index contributed by atoms with van der Waals surface area (Å²) in [7, 11) is 1.50. The summed E-state index contributed by atoms with van der Waals surface area (Å²) in [4.78, 5) is 10.8. The molecule has 0 fully saturated rings. The van der Waals surface area contributed by atoms with Crippen LogP contribution in [0.2, 0.25) is 0 Å². The number of carboxylic acid groups (broad SMARTS) is 1. The van der Waals surface area contributed by atoms with E-state index in [1.54, 1.807) is 25.1 Å². The van der Waals surface area contributed by atoms with Crippen molar-refractivity contribution in [2.75, 3.05) is 17.7 Å². The van der Waals surface area contributed by atoms with Gasteiger partial charge in [-0.1, -0.05) is 18.7 Å². The van der Waals surface area contributed by atoms with Crippen LogP contribution < -0.4 is 20.7 Å². The van der Waals surface area contributed by atoms with Gasteiger partial charge in [-0.25, -0.2) is 4.79 Å². The van der Waals surface area contributed by atoms with Crippen molar-refractivity contribution < 1.29 is 14.6 Å². The Bertz CT molecular complexity index is 858. The van der Waals surface area contributed by atoms with Crippen LogP contribution >= 0.6 is 0 Å². The summed E-state index contributed by atoms with van der Waals surface area (Å²) in [6.07, 6.45) is -1.07. The number of anilines is 2. The van der Waals surface area contributed by atoms with E-state index in [-0.39, 0.29) is 6.04 Å². The molecule has 0 aromatic heterocycles. The van der Waals surface area contributed by atoms with Gasteiger partial charge in [0, 0.05) is 17.4 Å². The molecular formula is C19H20N4O3. The Hall–Kier alpha value is -3.66. The monoisotopic (exact) mass is 352 g/mol. The molecule has 0 saturated heterocycles. The molecule has 1 amide bonds. The molecule has 0 saturated carbocycles. The number of nitrogens with zero attached hydrogens (tertiary/aromatic N) is 1. The van der Waals surface area contributed by atoms with Crippen molar-refractivity contribution in [1.29, 1.82) is 5.26 Å². The SMILES string of the molecule is C=C(Nc1cccc(C(C)NC(=O)O)c1)Nc1ccc(C#N)c(OC)c1. The molecule has 2 aromatic carbocycles. The number of carbonyl (C=O) groups is 1. The topological polar surface area (TPSA) is 106 Å². The first kappa shape index (κ1) is 18.7. The number of hydrogen-bond donors (Lipinski definition) is 4. The largest absolute Gasteiger partial charge is 0.495 e. The molecule has 0 spiro atoms. The number of rotatable bonds is 7. The Morgan fingerprint density at radius 1 is 1.23 bits per heavy atom. The van der Waals surface area contributed by atoms with Crippen LogP contribution in [0.5, 0.6) is 5.75 Å². The van der Waals surface area contributed by atoms with Gasteiger partial charge in [-0.05, 0) is 36.8 Å². The first-order chi connectivity index (χ1) is 12.4. The summed E-state index contributed by atoms with van der Waals surface area (Å²) < 4.78 is 5.18. The summed E-state index contributed by atoms with van der Waals surface area (Å²) in [6, 6.07) is 14.2. The van der Waals surface area contributed by atoms with E-state index >= 15 is 0 Å². The molecule has 0 aliphatic rings. The highest BCUT2D eigenvalue weighted by molar-refractivity contribution is 5.65. The summed E-state index contributed by atoms with van der Waals surface area (Å²) in [6.45, 7) is 5.70. The molecule has 0 radical (unpaired) electrons. The quantitative estimate of drug-likeness (QED) is 0.602. The van der Waals surface area contributed by atoms with Gasteiger partial charge in [0.2, 0.25) is 0 Å². The van der Waals surface area contributed by atoms with Gasteiger partial charge < -0.3 is 25.8 Å². The molecule has 2 aromatic rings. The average Bonchev–Trinajstić information content (AvgIpc) is 2.61. The van der Waals surface area contributed by atoms with E-state index in [0.717, 1.165) is 16.9 Å². The zero-order chi connectivity index (χ0) is 19.1. The zero-order valence-electron chi connectivity index (χ0n) is 14.5. The van der Waals surface area contributed by atoms with Gasteiger partial charge in [-0.15, -0.1) is 0 Å². The molecule has 1 atom stereocenters. The van der Waals surface area contributed by atoms with Crippen molar-refractivity contribution in [2.24, 2.45) is 0 Å². The second-order valence-electron chi connectivity index (χ2n) is 5.55. The third-order valence-corrected chi connectivity index (χ3v) is 3.64. The zero-order valence-corrected chi connectivity index (χ0v) is 14.5. The smallest absolute Gasteiger partial charge is 0.405 e. The molecule has 26 heavy (non-hydrogen) atoms. The maximum absolute atomic E-state index is 10.8. The Kier molecular flexibility index (Phi) is 6.06. The summed E-state index contributed by atoms with van der Waals surface area (Å²) in [5.41, 5.74) is 2.75. The lowest BCUT2D eigenvalue weighted by Gasteiger charge is -2.16. The fourth-order valence-corrected chi connectivity index (χ4v) is 2.40. The van der Waals surface area contributed by atoms with Gasteiger partial charge >= 0.3 is 6.09 Å². The van der Waals surface area contributed by atoms with Crippen LogP contribution in [-0.2, 0) is 0 Å². The minimum atomic E-state index is -1.07. The third-order valence-electron chi connectivity index (χ3n) is 3.64. The molecule has 0 heterocycles. The number of amides is 1. The van der Waals surface area contributed by atoms with E-state index in [2.05, 4.69) is 28.6 Å². The Balaban J connectivity index is 2.06. The number of hydrogen-bond acceptors (Lipinski definition) is 5. The first-order valence-corrected chi connectivity index (χ1v) is 7.83. The molecule has 0 aliphatic carbocycles. The Labute approximate surface area is 151 Å². The van der Waals surface area contributed by atoms with Crippen LogP contribution in [0.15, 0.2) is 54.9 Å². The lowest BCUT2D eigenvalue weighted by atomic mass is 10.1. The van der Waals surface area contributed by atoms with E-state index in [1.165, 1.54) is 7.11 Å². The van der Waals surface area contributed by atoms with Crippen molar-refractivity contribution in [3.8, 4) is 11.8 Å². The molecule has 2 rings (SSSR count). The number of nitriles is 1. The minimum absolute atomic E-state index is 0.335. The van der Waals surface area contributed by atoms with E-state index in [0.29, 0.717) is 17.1 Å². The number of nitrogens with one attached hydrogen (secondary N) is 3. The summed E-state index contributed by atoms with van der Waals surface area (Å²) in [5, 5.41) is 26.5. The Morgan fingerprint density at radius 2 is 1.92 bits per heavy atom. The van der Waals surface area contributed by atoms with Gasteiger partial charge in [0.1, 0.15) is 17.6 Å². The summed E-state index contributed by atoms with van der Waals surface area (Å²) >= 11 is 0. The molecule has 1 unspecified atom stereocenters. The maximum atomic E-state index is 10.8. The summed E-state index contributed by atoms with van der Waals surface area (Å²) in [5.74, 6) is 0.994. The van der Waals surface area contributed by atoms with E-state index in [1.807, 2.05) is 24.3 Å². The van der Waals surface area contributed by atoms with Crippen LogP contribution in [0, 0.1) is 11.3 Å². The van der Waals surface area contributed by atoms with Crippen molar-refractivity contribution >= 4 is 17.5 Å². The van der Waals surface area contributed by atoms with Gasteiger partial charge in [-0.2, -0.15) is 5.26 Å². The highest BCUT2D eigenvalue weighted by atomic mass is 16.5. The predicted octanol–water partition coefficient (Wildman–Crippen LogP) is 3.89. The number of benzene rings is 2. The van der Waals surface area contributed by atoms with Crippen LogP contribution in [0.3, 0.4) is 0 Å².